The van der Waals surface area contributed by atoms with Crippen LogP contribution < -0.4 is 0 Å². The number of nitrogens with zero attached hydrogens (tertiary/aromatic N) is 4. The van der Waals surface area contributed by atoms with Crippen LogP contribution >= 0.6 is 0 Å². The fraction of sp³-hybridized carbons (Fsp3) is 0.400. The van der Waals surface area contributed by atoms with Gasteiger partial charge in [0.05, 0.1) is 18.2 Å². The van der Waals surface area contributed by atoms with Crippen molar-refractivity contribution in [1.29, 1.82) is 0 Å². The maximum Gasteiger partial charge on any atom is 0.357 e. The zero-order chi connectivity index (χ0) is 11.7. The van der Waals surface area contributed by atoms with Gasteiger partial charge in [-0.05, 0) is 13.8 Å². The molecule has 6 heteroatoms. The van der Waals surface area contributed by atoms with Gasteiger partial charge in [0.2, 0.25) is 0 Å². The summed E-state index contributed by atoms with van der Waals surface area (Å²) in [7, 11) is 1.77. The Hall–Kier alpha value is -1.98. The molecule has 0 fully saturated rings. The second kappa shape index (κ2) is 3.88. The highest BCUT2D eigenvalue weighted by Gasteiger charge is 2.17. The summed E-state index contributed by atoms with van der Waals surface area (Å²) in [5.74, 6) is 0.0881. The standard InChI is InChI=1S/C10H12N4O2/c1-4-16-10(15)8-7-5-11-14(3)9(7)13-6(2)12-8/h5H,4H2,1-3H3. The van der Waals surface area contributed by atoms with E-state index in [4.69, 9.17) is 4.74 Å². The summed E-state index contributed by atoms with van der Waals surface area (Å²) >= 11 is 0. The van der Waals surface area contributed by atoms with Crippen molar-refractivity contribution >= 4 is 17.0 Å². The van der Waals surface area contributed by atoms with Crippen LogP contribution in [0.1, 0.15) is 23.2 Å². The van der Waals surface area contributed by atoms with Crippen LogP contribution in [0.25, 0.3) is 11.0 Å². The van der Waals surface area contributed by atoms with Crippen LogP contribution in [-0.4, -0.2) is 32.3 Å². The zero-order valence-electron chi connectivity index (χ0n) is 9.39. The maximum atomic E-state index is 11.7. The van der Waals surface area contributed by atoms with Gasteiger partial charge in [-0.15, -0.1) is 0 Å². The lowest BCUT2D eigenvalue weighted by atomic mass is 10.3. The SMILES string of the molecule is CCOC(=O)c1nc(C)nc2c1cnn2C. The first-order chi connectivity index (χ1) is 7.63. The first kappa shape index (κ1) is 10.5. The van der Waals surface area contributed by atoms with Gasteiger partial charge in [0.1, 0.15) is 5.82 Å². The molecule has 0 saturated carbocycles. The van der Waals surface area contributed by atoms with Crippen molar-refractivity contribution in [2.24, 2.45) is 7.05 Å². The molecule has 0 N–H and O–H groups in total. The molecule has 16 heavy (non-hydrogen) atoms. The average Bonchev–Trinajstić information content (AvgIpc) is 2.60. The van der Waals surface area contributed by atoms with Crippen LogP contribution in [0.3, 0.4) is 0 Å². The number of ether oxygens (including phenoxy) is 1. The number of aromatic nitrogens is 4. The molecule has 2 heterocycles. The van der Waals surface area contributed by atoms with Crippen molar-refractivity contribution in [2.45, 2.75) is 13.8 Å². The molecule has 0 atom stereocenters. The Bertz CT molecular complexity index is 547. The number of aryl methyl sites for hydroxylation is 2. The van der Waals surface area contributed by atoms with E-state index in [1.54, 1.807) is 31.8 Å². The Labute approximate surface area is 92.3 Å². The fourth-order valence-electron chi connectivity index (χ4n) is 1.49. The third-order valence-corrected chi connectivity index (χ3v) is 2.17. The van der Waals surface area contributed by atoms with Crippen molar-refractivity contribution < 1.29 is 9.53 Å². The average molecular weight is 220 g/mol. The Balaban J connectivity index is 2.64. The Kier molecular flexibility index (Phi) is 2.55. The van der Waals surface area contributed by atoms with E-state index in [1.165, 1.54) is 0 Å². The molecule has 0 saturated heterocycles. The fourth-order valence-corrected chi connectivity index (χ4v) is 1.49. The molecule has 84 valence electrons. The number of esters is 1. The number of carbonyl (C=O) groups excluding carboxylic acids is 1. The van der Waals surface area contributed by atoms with Crippen LogP contribution in [0.4, 0.5) is 0 Å². The number of hydrogen-bond acceptors (Lipinski definition) is 5. The van der Waals surface area contributed by atoms with E-state index in [2.05, 4.69) is 15.1 Å². The molecule has 0 spiro atoms. The van der Waals surface area contributed by atoms with E-state index in [0.717, 1.165) is 0 Å². The summed E-state index contributed by atoms with van der Waals surface area (Å²) in [5.41, 5.74) is 0.910. The van der Waals surface area contributed by atoms with Gasteiger partial charge < -0.3 is 4.74 Å². The van der Waals surface area contributed by atoms with E-state index in [9.17, 15) is 4.79 Å². The van der Waals surface area contributed by atoms with Gasteiger partial charge in [-0.2, -0.15) is 5.10 Å². The van der Waals surface area contributed by atoms with Gasteiger partial charge in [0.25, 0.3) is 0 Å². The van der Waals surface area contributed by atoms with Gasteiger partial charge in [-0.1, -0.05) is 0 Å². The minimum atomic E-state index is -0.439. The largest absolute Gasteiger partial charge is 0.461 e. The van der Waals surface area contributed by atoms with Crippen LogP contribution in [0.5, 0.6) is 0 Å². The zero-order valence-corrected chi connectivity index (χ0v) is 9.39. The molecule has 0 radical (unpaired) electrons. The summed E-state index contributed by atoms with van der Waals surface area (Å²) < 4.78 is 6.54. The second-order valence-corrected chi connectivity index (χ2v) is 3.35. The Morgan fingerprint density at radius 1 is 1.50 bits per heavy atom. The molecule has 0 amide bonds. The highest BCUT2D eigenvalue weighted by atomic mass is 16.5. The van der Waals surface area contributed by atoms with Crippen molar-refractivity contribution in [1.82, 2.24) is 19.7 Å². The Morgan fingerprint density at radius 3 is 2.94 bits per heavy atom. The highest BCUT2D eigenvalue weighted by Crippen LogP contribution is 2.15. The normalized spacial score (nSPS) is 10.7. The second-order valence-electron chi connectivity index (χ2n) is 3.35. The smallest absolute Gasteiger partial charge is 0.357 e. The van der Waals surface area contributed by atoms with Gasteiger partial charge in [-0.25, -0.2) is 14.8 Å². The van der Waals surface area contributed by atoms with Crippen molar-refractivity contribution in [3.05, 3.63) is 17.7 Å². The first-order valence-corrected chi connectivity index (χ1v) is 4.97. The lowest BCUT2D eigenvalue weighted by molar-refractivity contribution is 0.0521. The molecular weight excluding hydrogens is 208 g/mol. The minimum Gasteiger partial charge on any atom is -0.461 e. The van der Waals surface area contributed by atoms with E-state index in [0.29, 0.717) is 23.5 Å². The molecule has 2 rings (SSSR count). The molecule has 0 aliphatic carbocycles. The van der Waals surface area contributed by atoms with Crippen molar-refractivity contribution in [3.8, 4) is 0 Å². The summed E-state index contributed by atoms with van der Waals surface area (Å²) in [5, 5.41) is 4.66. The third kappa shape index (κ3) is 1.62. The van der Waals surface area contributed by atoms with E-state index in [1.807, 2.05) is 0 Å². The maximum absolute atomic E-state index is 11.7. The lowest BCUT2D eigenvalue weighted by Crippen LogP contribution is -2.09. The predicted octanol–water partition coefficient (Wildman–Crippen LogP) is 0.848. The third-order valence-electron chi connectivity index (χ3n) is 2.17. The highest BCUT2D eigenvalue weighted by molar-refractivity contribution is 6.00. The van der Waals surface area contributed by atoms with E-state index >= 15 is 0 Å². The van der Waals surface area contributed by atoms with Gasteiger partial charge in [-0.3, -0.25) is 4.68 Å². The summed E-state index contributed by atoms with van der Waals surface area (Å²) in [6, 6.07) is 0. The van der Waals surface area contributed by atoms with Crippen molar-refractivity contribution in [3.63, 3.8) is 0 Å². The van der Waals surface area contributed by atoms with Crippen LogP contribution in [0.15, 0.2) is 6.20 Å². The van der Waals surface area contributed by atoms with Gasteiger partial charge >= 0.3 is 5.97 Å². The number of hydrogen-bond donors (Lipinski definition) is 0. The number of fused-ring (bicyclic) bond motifs is 1. The Morgan fingerprint density at radius 2 is 2.25 bits per heavy atom. The molecule has 0 aromatic carbocycles. The quantitative estimate of drug-likeness (QED) is 0.701. The van der Waals surface area contributed by atoms with Crippen LogP contribution in [-0.2, 0) is 11.8 Å². The predicted molar refractivity (Wildman–Crippen MR) is 57.0 cm³/mol. The topological polar surface area (TPSA) is 69.9 Å². The molecule has 2 aromatic heterocycles. The number of carbonyl (C=O) groups is 1. The molecule has 0 unspecified atom stereocenters. The molecular formula is C10H12N4O2. The van der Waals surface area contributed by atoms with Gasteiger partial charge in [0.15, 0.2) is 11.3 Å². The summed E-state index contributed by atoms with van der Waals surface area (Å²) in [6.07, 6.45) is 1.57. The van der Waals surface area contributed by atoms with Crippen molar-refractivity contribution in [2.75, 3.05) is 6.61 Å². The molecule has 2 aromatic rings. The van der Waals surface area contributed by atoms with Gasteiger partial charge in [0, 0.05) is 7.05 Å². The van der Waals surface area contributed by atoms with E-state index < -0.39 is 5.97 Å². The molecule has 0 bridgehead atoms. The summed E-state index contributed by atoms with van der Waals surface area (Å²) in [6.45, 7) is 3.81. The van der Waals surface area contributed by atoms with Crippen LogP contribution in [0.2, 0.25) is 0 Å². The van der Waals surface area contributed by atoms with E-state index in [-0.39, 0.29) is 5.69 Å². The molecule has 6 nitrogen and oxygen atoms in total. The minimum absolute atomic E-state index is 0.275. The van der Waals surface area contributed by atoms with Crippen LogP contribution in [0, 0.1) is 6.92 Å². The molecule has 0 aliphatic rings. The lowest BCUT2D eigenvalue weighted by Gasteiger charge is -2.03. The summed E-state index contributed by atoms with van der Waals surface area (Å²) in [4.78, 5) is 20.0. The number of rotatable bonds is 2. The molecule has 0 aliphatic heterocycles. The first-order valence-electron chi connectivity index (χ1n) is 4.97. The monoisotopic (exact) mass is 220 g/mol.